The van der Waals surface area contributed by atoms with Gasteiger partial charge in [0.15, 0.2) is 5.75 Å². The van der Waals surface area contributed by atoms with E-state index in [2.05, 4.69) is 46.7 Å². The van der Waals surface area contributed by atoms with Crippen LogP contribution in [0, 0.1) is 5.82 Å². The number of anilines is 1. The fraction of sp³-hybridized carbons (Fsp3) is 0. The standard InChI is InChI=1S/C21H13Br2FN4O6S/c22-15-7-12(28-21(31)26-19(30)10-25-28)8-16(23)20(15)34-13-3-6-18(29)17(9-13)27-35(32,33)14-4-1-11(24)2-5-14/h1-10,27,29H,(H,26,30,31). The number of halogens is 3. The highest BCUT2D eigenvalue weighted by molar-refractivity contribution is 9.11. The molecule has 0 saturated carbocycles. The van der Waals surface area contributed by atoms with Crippen molar-refractivity contribution in [2.24, 2.45) is 0 Å². The molecular weight excluding hydrogens is 615 g/mol. The van der Waals surface area contributed by atoms with E-state index in [1.165, 1.54) is 30.3 Å². The summed E-state index contributed by atoms with van der Waals surface area (Å²) in [5.41, 5.74) is -1.22. The maximum atomic E-state index is 13.1. The van der Waals surface area contributed by atoms with Gasteiger partial charge in [0.05, 0.1) is 25.2 Å². The zero-order valence-electron chi connectivity index (χ0n) is 17.2. The first kappa shape index (κ1) is 24.6. The summed E-state index contributed by atoms with van der Waals surface area (Å²) in [6.45, 7) is 0. The molecule has 0 saturated heterocycles. The summed E-state index contributed by atoms with van der Waals surface area (Å²) in [6, 6.07) is 11.1. The van der Waals surface area contributed by atoms with Gasteiger partial charge in [0.2, 0.25) is 0 Å². The van der Waals surface area contributed by atoms with Gasteiger partial charge in [-0.25, -0.2) is 17.6 Å². The number of nitrogens with zero attached hydrogens (tertiary/aromatic N) is 2. The van der Waals surface area contributed by atoms with Gasteiger partial charge in [0.25, 0.3) is 15.6 Å². The summed E-state index contributed by atoms with van der Waals surface area (Å²) < 4.78 is 48.2. The van der Waals surface area contributed by atoms with Gasteiger partial charge in [0.1, 0.15) is 23.5 Å². The molecule has 1 heterocycles. The van der Waals surface area contributed by atoms with Gasteiger partial charge < -0.3 is 9.84 Å². The number of rotatable bonds is 6. The number of aromatic nitrogens is 3. The third-order valence-corrected chi connectivity index (χ3v) is 7.06. The largest absolute Gasteiger partial charge is 0.506 e. The quantitative estimate of drug-likeness (QED) is 0.275. The van der Waals surface area contributed by atoms with Crippen LogP contribution in [-0.2, 0) is 10.0 Å². The van der Waals surface area contributed by atoms with Crippen molar-refractivity contribution in [3.63, 3.8) is 0 Å². The van der Waals surface area contributed by atoms with Crippen LogP contribution in [0.3, 0.4) is 0 Å². The molecule has 180 valence electrons. The Morgan fingerprint density at radius 1 is 1.03 bits per heavy atom. The van der Waals surface area contributed by atoms with Gasteiger partial charge in [-0.05, 0) is 80.4 Å². The topological polar surface area (TPSA) is 143 Å². The molecular formula is C21H13Br2FN4O6S. The summed E-state index contributed by atoms with van der Waals surface area (Å²) in [7, 11) is -4.12. The van der Waals surface area contributed by atoms with E-state index in [1.807, 2.05) is 0 Å². The zero-order chi connectivity index (χ0) is 25.3. The van der Waals surface area contributed by atoms with Crippen LogP contribution in [0.4, 0.5) is 10.1 Å². The second-order valence-electron chi connectivity index (χ2n) is 6.93. The molecule has 0 spiro atoms. The number of hydrogen-bond donors (Lipinski definition) is 3. The Kier molecular flexibility index (Phi) is 6.78. The first-order valence-electron chi connectivity index (χ1n) is 9.51. The molecule has 0 amide bonds. The van der Waals surface area contributed by atoms with Crippen molar-refractivity contribution in [3.8, 4) is 22.9 Å². The van der Waals surface area contributed by atoms with Crippen LogP contribution < -0.4 is 20.7 Å². The summed E-state index contributed by atoms with van der Waals surface area (Å²) in [6.07, 6.45) is 0.957. The lowest BCUT2D eigenvalue weighted by molar-refractivity contribution is 0.464. The number of ether oxygens (including phenoxy) is 1. The lowest BCUT2D eigenvalue weighted by Gasteiger charge is -2.14. The van der Waals surface area contributed by atoms with Gasteiger partial charge in [-0.3, -0.25) is 14.5 Å². The third-order valence-electron chi connectivity index (χ3n) is 4.50. The fourth-order valence-corrected chi connectivity index (χ4v) is 5.29. The van der Waals surface area contributed by atoms with E-state index in [4.69, 9.17) is 4.74 Å². The number of H-pyrrole nitrogens is 1. The number of aromatic amines is 1. The number of hydrogen-bond acceptors (Lipinski definition) is 7. The van der Waals surface area contributed by atoms with E-state index in [0.717, 1.165) is 35.1 Å². The predicted octanol–water partition coefficient (Wildman–Crippen LogP) is 3.88. The lowest BCUT2D eigenvalue weighted by Crippen LogP contribution is -2.30. The van der Waals surface area contributed by atoms with Gasteiger partial charge in [0, 0.05) is 6.07 Å². The number of phenols is 1. The van der Waals surface area contributed by atoms with Crippen LogP contribution in [-0.4, -0.2) is 28.3 Å². The lowest BCUT2D eigenvalue weighted by atomic mass is 10.2. The average Bonchev–Trinajstić information content (AvgIpc) is 2.78. The molecule has 35 heavy (non-hydrogen) atoms. The number of benzene rings is 3. The zero-order valence-corrected chi connectivity index (χ0v) is 21.2. The Hall–Kier alpha value is -3.49. The summed E-state index contributed by atoms with van der Waals surface area (Å²) >= 11 is 6.70. The van der Waals surface area contributed by atoms with Gasteiger partial charge >= 0.3 is 5.69 Å². The van der Waals surface area contributed by atoms with Crippen LogP contribution >= 0.6 is 31.9 Å². The third kappa shape index (κ3) is 5.44. The predicted molar refractivity (Wildman–Crippen MR) is 131 cm³/mol. The molecule has 4 rings (SSSR count). The Morgan fingerprint density at radius 2 is 1.69 bits per heavy atom. The van der Waals surface area contributed by atoms with Crippen molar-refractivity contribution in [1.29, 1.82) is 0 Å². The number of nitrogens with one attached hydrogen (secondary N) is 2. The highest BCUT2D eigenvalue weighted by atomic mass is 79.9. The van der Waals surface area contributed by atoms with Gasteiger partial charge in [-0.1, -0.05) is 0 Å². The summed E-state index contributed by atoms with van der Waals surface area (Å²) in [4.78, 5) is 25.2. The van der Waals surface area contributed by atoms with Crippen molar-refractivity contribution in [2.75, 3.05) is 4.72 Å². The normalized spacial score (nSPS) is 11.3. The highest BCUT2D eigenvalue weighted by Gasteiger charge is 2.18. The molecule has 0 radical (unpaired) electrons. The van der Waals surface area contributed by atoms with Crippen molar-refractivity contribution in [1.82, 2.24) is 14.8 Å². The van der Waals surface area contributed by atoms with E-state index in [-0.39, 0.29) is 27.8 Å². The molecule has 14 heteroatoms. The monoisotopic (exact) mass is 626 g/mol. The smallest absolute Gasteiger partial charge is 0.349 e. The Balaban J connectivity index is 1.64. The molecule has 3 N–H and O–H groups in total. The summed E-state index contributed by atoms with van der Waals surface area (Å²) in [5, 5.41) is 13.9. The first-order chi connectivity index (χ1) is 16.5. The Bertz CT molecular complexity index is 1630. The molecule has 0 aliphatic rings. The maximum Gasteiger partial charge on any atom is 0.349 e. The van der Waals surface area contributed by atoms with Crippen molar-refractivity contribution < 1.29 is 22.7 Å². The molecule has 4 aromatic rings. The molecule has 0 atom stereocenters. The minimum Gasteiger partial charge on any atom is -0.506 e. The van der Waals surface area contributed by atoms with Crippen LogP contribution in [0.15, 0.2) is 84.2 Å². The van der Waals surface area contributed by atoms with E-state index >= 15 is 0 Å². The van der Waals surface area contributed by atoms with E-state index in [1.54, 1.807) is 0 Å². The molecule has 3 aromatic carbocycles. The van der Waals surface area contributed by atoms with Crippen molar-refractivity contribution in [2.45, 2.75) is 4.90 Å². The van der Waals surface area contributed by atoms with E-state index in [0.29, 0.717) is 14.6 Å². The number of sulfonamides is 1. The minimum atomic E-state index is -4.12. The molecule has 1 aromatic heterocycles. The van der Waals surface area contributed by atoms with Gasteiger partial charge in [-0.15, -0.1) is 0 Å². The highest BCUT2D eigenvalue weighted by Crippen LogP contribution is 2.40. The maximum absolute atomic E-state index is 13.1. The molecule has 0 aliphatic heterocycles. The Labute approximate surface area is 213 Å². The van der Waals surface area contributed by atoms with Crippen LogP contribution in [0.2, 0.25) is 0 Å². The van der Waals surface area contributed by atoms with Crippen molar-refractivity contribution in [3.05, 3.63) is 96.4 Å². The molecule has 10 nitrogen and oxygen atoms in total. The number of phenolic OH excluding ortho intramolecular Hbond substituents is 1. The molecule has 0 bridgehead atoms. The van der Waals surface area contributed by atoms with E-state index < -0.39 is 27.1 Å². The summed E-state index contributed by atoms with van der Waals surface area (Å²) in [5.74, 6) is -0.525. The molecule has 0 fully saturated rings. The van der Waals surface area contributed by atoms with Crippen LogP contribution in [0.1, 0.15) is 0 Å². The average molecular weight is 628 g/mol. The molecule has 0 unspecified atom stereocenters. The Morgan fingerprint density at radius 3 is 2.31 bits per heavy atom. The molecule has 0 aliphatic carbocycles. The van der Waals surface area contributed by atoms with Crippen molar-refractivity contribution >= 4 is 47.6 Å². The fourth-order valence-electron chi connectivity index (χ4n) is 2.90. The van der Waals surface area contributed by atoms with E-state index in [9.17, 15) is 27.5 Å². The van der Waals surface area contributed by atoms with Crippen LogP contribution in [0.5, 0.6) is 17.2 Å². The minimum absolute atomic E-state index is 0.160. The SMILES string of the molecule is O=c1cnn(-c2cc(Br)c(Oc3ccc(O)c(NS(=O)(=O)c4ccc(F)cc4)c3)c(Br)c2)c(=O)[nH]1. The van der Waals surface area contributed by atoms with Crippen LogP contribution in [0.25, 0.3) is 5.69 Å². The van der Waals surface area contributed by atoms with Gasteiger partial charge in [-0.2, -0.15) is 9.78 Å². The first-order valence-corrected chi connectivity index (χ1v) is 12.6. The second kappa shape index (κ2) is 9.64. The number of aromatic hydroxyl groups is 1. The second-order valence-corrected chi connectivity index (χ2v) is 10.3.